The van der Waals surface area contributed by atoms with Crippen LogP contribution in [0.15, 0.2) is 29.2 Å². The van der Waals surface area contributed by atoms with Crippen molar-refractivity contribution >= 4 is 11.8 Å². The van der Waals surface area contributed by atoms with E-state index in [1.807, 2.05) is 18.8 Å². The van der Waals surface area contributed by atoms with Gasteiger partial charge in [0.2, 0.25) is 0 Å². The molecule has 1 aromatic carbocycles. The lowest BCUT2D eigenvalue weighted by Crippen LogP contribution is -2.07. The maximum absolute atomic E-state index is 3.18. The zero-order valence-corrected chi connectivity index (χ0v) is 11.4. The fourth-order valence-electron chi connectivity index (χ4n) is 1.64. The molecule has 0 heterocycles. The SMILES string of the molecule is CNCCCCc1ccc(SC(C)C)cc1. The third-order valence-corrected chi connectivity index (χ3v) is 3.45. The van der Waals surface area contributed by atoms with E-state index in [0.717, 1.165) is 6.54 Å². The summed E-state index contributed by atoms with van der Waals surface area (Å²) in [5.74, 6) is 0. The molecule has 1 nitrogen and oxygen atoms in total. The Balaban J connectivity index is 2.33. The molecule has 0 aromatic heterocycles. The predicted octanol–water partition coefficient (Wildman–Crippen LogP) is 3.73. The molecule has 90 valence electrons. The van der Waals surface area contributed by atoms with Crippen LogP contribution >= 0.6 is 11.8 Å². The largest absolute Gasteiger partial charge is 0.320 e. The second-order valence-electron chi connectivity index (χ2n) is 4.37. The highest BCUT2D eigenvalue weighted by Gasteiger charge is 1.98. The van der Waals surface area contributed by atoms with Gasteiger partial charge in [-0.25, -0.2) is 0 Å². The van der Waals surface area contributed by atoms with Crippen LogP contribution in [-0.4, -0.2) is 18.8 Å². The van der Waals surface area contributed by atoms with Crippen molar-refractivity contribution in [3.63, 3.8) is 0 Å². The quantitative estimate of drug-likeness (QED) is 0.573. The molecule has 1 N–H and O–H groups in total. The first kappa shape index (κ1) is 13.6. The highest BCUT2D eigenvalue weighted by molar-refractivity contribution is 7.99. The molecule has 0 aliphatic carbocycles. The van der Waals surface area contributed by atoms with E-state index in [1.165, 1.54) is 29.7 Å². The molecule has 0 radical (unpaired) electrons. The molecule has 1 aromatic rings. The van der Waals surface area contributed by atoms with Crippen LogP contribution in [0.25, 0.3) is 0 Å². The van der Waals surface area contributed by atoms with E-state index < -0.39 is 0 Å². The molecule has 0 unspecified atom stereocenters. The van der Waals surface area contributed by atoms with Crippen LogP contribution in [0.3, 0.4) is 0 Å². The van der Waals surface area contributed by atoms with E-state index in [0.29, 0.717) is 5.25 Å². The average molecular weight is 237 g/mol. The second-order valence-corrected chi connectivity index (χ2v) is 6.02. The van der Waals surface area contributed by atoms with Gasteiger partial charge in [0, 0.05) is 10.1 Å². The molecule has 2 heteroatoms. The van der Waals surface area contributed by atoms with Crippen LogP contribution in [-0.2, 0) is 6.42 Å². The van der Waals surface area contributed by atoms with Crippen LogP contribution in [0.5, 0.6) is 0 Å². The molecule has 1 rings (SSSR count). The summed E-state index contributed by atoms with van der Waals surface area (Å²) in [5.41, 5.74) is 1.46. The number of benzene rings is 1. The lowest BCUT2D eigenvalue weighted by Gasteiger charge is -2.06. The van der Waals surface area contributed by atoms with E-state index in [4.69, 9.17) is 0 Å². The molecule has 0 bridgehead atoms. The first-order valence-electron chi connectivity index (χ1n) is 6.12. The second kappa shape index (κ2) is 7.75. The van der Waals surface area contributed by atoms with E-state index in [2.05, 4.69) is 43.4 Å². The van der Waals surface area contributed by atoms with Crippen molar-refractivity contribution in [1.29, 1.82) is 0 Å². The monoisotopic (exact) mass is 237 g/mol. The number of rotatable bonds is 7. The molecule has 16 heavy (non-hydrogen) atoms. The molecular formula is C14H23NS. The van der Waals surface area contributed by atoms with Gasteiger partial charge >= 0.3 is 0 Å². The fourth-order valence-corrected chi connectivity index (χ4v) is 2.48. The molecule has 0 aliphatic heterocycles. The van der Waals surface area contributed by atoms with Gasteiger partial charge in [0.1, 0.15) is 0 Å². The number of aryl methyl sites for hydroxylation is 1. The lowest BCUT2D eigenvalue weighted by atomic mass is 10.1. The van der Waals surface area contributed by atoms with Crippen LogP contribution in [0.2, 0.25) is 0 Å². The zero-order valence-electron chi connectivity index (χ0n) is 10.6. The Hall–Kier alpha value is -0.470. The van der Waals surface area contributed by atoms with E-state index in [9.17, 15) is 0 Å². The van der Waals surface area contributed by atoms with Crippen LogP contribution < -0.4 is 5.32 Å². The molecule has 0 atom stereocenters. The van der Waals surface area contributed by atoms with Crippen molar-refractivity contribution < 1.29 is 0 Å². The van der Waals surface area contributed by atoms with Gasteiger partial charge in [-0.3, -0.25) is 0 Å². The molecule has 0 aliphatic rings. The number of nitrogens with one attached hydrogen (secondary N) is 1. The van der Waals surface area contributed by atoms with Crippen LogP contribution in [0, 0.1) is 0 Å². The third kappa shape index (κ3) is 5.57. The maximum Gasteiger partial charge on any atom is 0.00747 e. The number of unbranched alkanes of at least 4 members (excludes halogenated alkanes) is 1. The van der Waals surface area contributed by atoms with Gasteiger partial charge in [-0.15, -0.1) is 11.8 Å². The van der Waals surface area contributed by atoms with Crippen molar-refractivity contribution in [3.05, 3.63) is 29.8 Å². The first-order chi connectivity index (χ1) is 7.72. The Kier molecular flexibility index (Phi) is 6.58. The summed E-state index contributed by atoms with van der Waals surface area (Å²) >= 11 is 1.93. The summed E-state index contributed by atoms with van der Waals surface area (Å²) in [6.07, 6.45) is 3.74. The Morgan fingerprint density at radius 2 is 1.81 bits per heavy atom. The summed E-state index contributed by atoms with van der Waals surface area (Å²) in [4.78, 5) is 1.38. The minimum absolute atomic E-state index is 0.668. The fraction of sp³-hybridized carbons (Fsp3) is 0.571. The van der Waals surface area contributed by atoms with Crippen molar-refractivity contribution in [2.24, 2.45) is 0 Å². The Labute approximate surface area is 104 Å². The van der Waals surface area contributed by atoms with Gasteiger partial charge < -0.3 is 5.32 Å². The van der Waals surface area contributed by atoms with Gasteiger partial charge in [-0.05, 0) is 50.6 Å². The third-order valence-electron chi connectivity index (χ3n) is 2.44. The number of hydrogen-bond acceptors (Lipinski definition) is 2. The summed E-state index contributed by atoms with van der Waals surface area (Å²) < 4.78 is 0. The van der Waals surface area contributed by atoms with Gasteiger partial charge in [0.05, 0.1) is 0 Å². The van der Waals surface area contributed by atoms with Crippen molar-refractivity contribution in [1.82, 2.24) is 5.32 Å². The standard InChI is InChI=1S/C14H23NS/c1-12(2)16-14-9-7-13(8-10-14)6-4-5-11-15-3/h7-10,12,15H,4-6,11H2,1-3H3. The van der Waals surface area contributed by atoms with Crippen molar-refractivity contribution in [2.75, 3.05) is 13.6 Å². The molecular weight excluding hydrogens is 214 g/mol. The topological polar surface area (TPSA) is 12.0 Å². The molecule has 0 spiro atoms. The van der Waals surface area contributed by atoms with Crippen LogP contribution in [0.1, 0.15) is 32.3 Å². The van der Waals surface area contributed by atoms with Gasteiger partial charge in [-0.1, -0.05) is 26.0 Å². The minimum atomic E-state index is 0.668. The zero-order chi connectivity index (χ0) is 11.8. The maximum atomic E-state index is 3.18. The normalized spacial score (nSPS) is 11.0. The van der Waals surface area contributed by atoms with Crippen LogP contribution in [0.4, 0.5) is 0 Å². The Morgan fingerprint density at radius 1 is 1.12 bits per heavy atom. The van der Waals surface area contributed by atoms with E-state index in [-0.39, 0.29) is 0 Å². The van der Waals surface area contributed by atoms with Crippen molar-refractivity contribution in [3.8, 4) is 0 Å². The highest BCUT2D eigenvalue weighted by atomic mass is 32.2. The minimum Gasteiger partial charge on any atom is -0.320 e. The number of thioether (sulfide) groups is 1. The van der Waals surface area contributed by atoms with Gasteiger partial charge in [0.25, 0.3) is 0 Å². The van der Waals surface area contributed by atoms with E-state index in [1.54, 1.807) is 0 Å². The van der Waals surface area contributed by atoms with E-state index >= 15 is 0 Å². The first-order valence-corrected chi connectivity index (χ1v) is 7.00. The summed E-state index contributed by atoms with van der Waals surface area (Å²) in [5, 5.41) is 3.85. The summed E-state index contributed by atoms with van der Waals surface area (Å²) in [6.45, 7) is 5.59. The molecule has 0 saturated carbocycles. The molecule has 0 amide bonds. The van der Waals surface area contributed by atoms with Gasteiger partial charge in [-0.2, -0.15) is 0 Å². The molecule has 0 saturated heterocycles. The molecule has 0 fully saturated rings. The summed E-state index contributed by atoms with van der Waals surface area (Å²) in [6, 6.07) is 9.03. The average Bonchev–Trinajstić information content (AvgIpc) is 2.26. The Bertz CT molecular complexity index is 279. The van der Waals surface area contributed by atoms with Gasteiger partial charge in [0.15, 0.2) is 0 Å². The highest BCUT2D eigenvalue weighted by Crippen LogP contribution is 2.23. The van der Waals surface area contributed by atoms with Crippen molar-refractivity contribution in [2.45, 2.75) is 43.3 Å². The summed E-state index contributed by atoms with van der Waals surface area (Å²) in [7, 11) is 2.01. The lowest BCUT2D eigenvalue weighted by molar-refractivity contribution is 0.677. The number of hydrogen-bond donors (Lipinski definition) is 1. The smallest absolute Gasteiger partial charge is 0.00747 e. The Morgan fingerprint density at radius 3 is 2.38 bits per heavy atom. The predicted molar refractivity (Wildman–Crippen MR) is 74.3 cm³/mol.